The summed E-state index contributed by atoms with van der Waals surface area (Å²) < 4.78 is 0. The molecule has 0 unspecified atom stereocenters. The molecule has 3 aromatic rings. The highest BCUT2D eigenvalue weighted by atomic mass is 32.1. The van der Waals surface area contributed by atoms with E-state index in [2.05, 4.69) is 70.2 Å². The summed E-state index contributed by atoms with van der Waals surface area (Å²) in [5.41, 5.74) is 8.54. The van der Waals surface area contributed by atoms with Crippen molar-refractivity contribution in [2.75, 3.05) is 0 Å². The van der Waals surface area contributed by atoms with Gasteiger partial charge in [-0.25, -0.2) is 0 Å². The number of hydrogen-bond acceptors (Lipinski definition) is 1. The summed E-state index contributed by atoms with van der Waals surface area (Å²) in [7, 11) is 6.23. The van der Waals surface area contributed by atoms with Gasteiger partial charge >= 0.3 is 0 Å². The van der Waals surface area contributed by atoms with Gasteiger partial charge in [-0.15, -0.1) is 11.3 Å². The molecule has 0 atom stereocenters. The molecule has 0 saturated heterocycles. The van der Waals surface area contributed by atoms with Crippen molar-refractivity contribution in [2.45, 2.75) is 27.7 Å². The van der Waals surface area contributed by atoms with Gasteiger partial charge in [-0.3, -0.25) is 0 Å². The van der Waals surface area contributed by atoms with Gasteiger partial charge in [0.15, 0.2) is 0 Å². The Morgan fingerprint density at radius 3 is 1.82 bits per heavy atom. The molecular formula is C20H19BS. The minimum absolute atomic E-state index is 0.929. The van der Waals surface area contributed by atoms with Crippen LogP contribution in [0.15, 0.2) is 42.5 Å². The van der Waals surface area contributed by atoms with Crippen molar-refractivity contribution in [1.82, 2.24) is 0 Å². The van der Waals surface area contributed by atoms with Crippen LogP contribution >= 0.6 is 11.3 Å². The van der Waals surface area contributed by atoms with Crippen molar-refractivity contribution in [1.29, 1.82) is 0 Å². The Morgan fingerprint density at radius 2 is 1.23 bits per heavy atom. The highest BCUT2D eigenvalue weighted by Gasteiger charge is 2.15. The Morgan fingerprint density at radius 1 is 0.682 bits per heavy atom. The smallest absolute Gasteiger partial charge is 0.114 e. The van der Waals surface area contributed by atoms with Gasteiger partial charge in [0, 0.05) is 9.75 Å². The van der Waals surface area contributed by atoms with E-state index in [-0.39, 0.29) is 0 Å². The second kappa shape index (κ2) is 5.77. The first kappa shape index (κ1) is 15.1. The van der Waals surface area contributed by atoms with Crippen LogP contribution in [0.5, 0.6) is 0 Å². The molecule has 3 rings (SSSR count). The summed E-state index contributed by atoms with van der Waals surface area (Å²) in [6.45, 7) is 8.59. The van der Waals surface area contributed by atoms with Crippen LogP contribution in [0, 0.1) is 27.7 Å². The Labute approximate surface area is 138 Å². The fourth-order valence-electron chi connectivity index (χ4n) is 2.94. The third-order valence-electron chi connectivity index (χ3n) is 4.59. The molecule has 0 bridgehead atoms. The highest BCUT2D eigenvalue weighted by molar-refractivity contribution is 7.18. The Balaban J connectivity index is 2.16. The highest BCUT2D eigenvalue weighted by Crippen LogP contribution is 2.38. The van der Waals surface area contributed by atoms with E-state index in [9.17, 15) is 0 Å². The molecule has 22 heavy (non-hydrogen) atoms. The lowest BCUT2D eigenvalue weighted by atomic mass is 9.79. The molecule has 0 aliphatic heterocycles. The second-order valence-electron chi connectivity index (χ2n) is 5.82. The van der Waals surface area contributed by atoms with Gasteiger partial charge < -0.3 is 0 Å². The molecule has 0 nitrogen and oxygen atoms in total. The van der Waals surface area contributed by atoms with E-state index in [0.717, 1.165) is 5.46 Å². The third-order valence-corrected chi connectivity index (χ3v) is 5.75. The first-order chi connectivity index (χ1) is 10.5. The average molecular weight is 302 g/mol. The number of rotatable bonds is 2. The number of benzene rings is 2. The monoisotopic (exact) mass is 302 g/mol. The fraction of sp³-hybridized carbons (Fsp3) is 0.200. The van der Waals surface area contributed by atoms with Crippen molar-refractivity contribution in [3.8, 4) is 20.9 Å². The molecule has 108 valence electrons. The molecule has 0 amide bonds. The summed E-state index contributed by atoms with van der Waals surface area (Å²) in [6, 6.07) is 15.0. The van der Waals surface area contributed by atoms with Crippen LogP contribution in [-0.4, -0.2) is 7.85 Å². The summed E-state index contributed by atoms with van der Waals surface area (Å²) in [5.74, 6) is 0. The van der Waals surface area contributed by atoms with Crippen LogP contribution in [-0.2, 0) is 0 Å². The molecule has 2 heteroatoms. The third kappa shape index (κ3) is 2.42. The topological polar surface area (TPSA) is 0 Å². The lowest BCUT2D eigenvalue weighted by Gasteiger charge is -2.18. The van der Waals surface area contributed by atoms with Crippen LogP contribution in [0.2, 0.25) is 0 Å². The SMILES string of the molecule is [B]c1c(C)c(C)c(-c2ccc(-c3ccccc3)s2)c(C)c1C. The zero-order chi connectivity index (χ0) is 15.9. The predicted molar refractivity (Wildman–Crippen MR) is 99.5 cm³/mol. The van der Waals surface area contributed by atoms with E-state index in [1.807, 2.05) is 11.3 Å². The second-order valence-corrected chi connectivity index (χ2v) is 6.90. The summed E-state index contributed by atoms with van der Waals surface area (Å²) in [6.07, 6.45) is 0. The van der Waals surface area contributed by atoms with Crippen LogP contribution in [0.1, 0.15) is 22.3 Å². The van der Waals surface area contributed by atoms with E-state index < -0.39 is 0 Å². The van der Waals surface area contributed by atoms with Crippen molar-refractivity contribution in [2.24, 2.45) is 0 Å². The zero-order valence-electron chi connectivity index (χ0n) is 13.5. The number of hydrogen-bond donors (Lipinski definition) is 0. The zero-order valence-corrected chi connectivity index (χ0v) is 14.3. The molecule has 0 N–H and O–H groups in total. The molecule has 1 heterocycles. The molecule has 0 aliphatic rings. The van der Waals surface area contributed by atoms with E-state index in [4.69, 9.17) is 7.85 Å². The predicted octanol–water partition coefficient (Wildman–Crippen LogP) is 5.11. The van der Waals surface area contributed by atoms with Gasteiger partial charge in [-0.05, 0) is 62.1 Å². The van der Waals surface area contributed by atoms with Gasteiger partial charge in [0.2, 0.25) is 0 Å². The molecule has 2 aromatic carbocycles. The van der Waals surface area contributed by atoms with Gasteiger partial charge in [-0.1, -0.05) is 46.9 Å². The van der Waals surface area contributed by atoms with Crippen molar-refractivity contribution >= 4 is 24.6 Å². The van der Waals surface area contributed by atoms with Gasteiger partial charge in [0.1, 0.15) is 7.85 Å². The lowest BCUT2D eigenvalue weighted by molar-refractivity contribution is 1.28. The molecule has 1 aromatic heterocycles. The largest absolute Gasteiger partial charge is 0.135 e. The normalized spacial score (nSPS) is 10.9. The first-order valence-electron chi connectivity index (χ1n) is 7.52. The molecule has 0 fully saturated rings. The lowest BCUT2D eigenvalue weighted by Crippen LogP contribution is -2.16. The van der Waals surface area contributed by atoms with Crippen molar-refractivity contribution in [3.05, 3.63) is 64.7 Å². The van der Waals surface area contributed by atoms with Gasteiger partial charge in [-0.2, -0.15) is 0 Å². The summed E-state index contributed by atoms with van der Waals surface area (Å²) in [5, 5.41) is 0. The van der Waals surface area contributed by atoms with E-state index in [0.29, 0.717) is 0 Å². The van der Waals surface area contributed by atoms with Crippen LogP contribution in [0.25, 0.3) is 20.9 Å². The molecule has 2 radical (unpaired) electrons. The Hall–Kier alpha value is -1.80. The van der Waals surface area contributed by atoms with E-state index in [1.165, 1.54) is 43.1 Å². The van der Waals surface area contributed by atoms with Crippen molar-refractivity contribution in [3.63, 3.8) is 0 Å². The minimum Gasteiger partial charge on any atom is -0.135 e. The van der Waals surface area contributed by atoms with Crippen LogP contribution < -0.4 is 5.46 Å². The first-order valence-corrected chi connectivity index (χ1v) is 8.33. The van der Waals surface area contributed by atoms with Gasteiger partial charge in [0.25, 0.3) is 0 Å². The fourth-order valence-corrected chi connectivity index (χ4v) is 4.11. The Kier molecular flexibility index (Phi) is 3.97. The minimum atomic E-state index is 0.929. The van der Waals surface area contributed by atoms with Crippen molar-refractivity contribution < 1.29 is 0 Å². The van der Waals surface area contributed by atoms with Gasteiger partial charge in [0.05, 0.1) is 0 Å². The summed E-state index contributed by atoms with van der Waals surface area (Å²) >= 11 is 1.85. The molecule has 0 aliphatic carbocycles. The average Bonchev–Trinajstić information content (AvgIpc) is 3.02. The quantitative estimate of drug-likeness (QED) is 0.577. The number of thiophene rings is 1. The maximum atomic E-state index is 6.23. The molecule has 0 spiro atoms. The van der Waals surface area contributed by atoms with E-state index in [1.54, 1.807) is 0 Å². The maximum absolute atomic E-state index is 6.23. The Bertz CT molecular complexity index is 799. The molecular weight excluding hydrogens is 283 g/mol. The molecule has 0 saturated carbocycles. The maximum Gasteiger partial charge on any atom is 0.114 e. The van der Waals surface area contributed by atoms with Crippen LogP contribution in [0.3, 0.4) is 0 Å². The summed E-state index contributed by atoms with van der Waals surface area (Å²) in [4.78, 5) is 2.63. The van der Waals surface area contributed by atoms with E-state index >= 15 is 0 Å². The standard InChI is InChI=1S/C20H19BS/c1-12-14(3)20(21)15(4)13(2)19(12)18-11-10-17(22-18)16-8-6-5-7-9-16/h5-11H,1-4H3. The van der Waals surface area contributed by atoms with Crippen LogP contribution in [0.4, 0.5) is 0 Å².